The van der Waals surface area contributed by atoms with E-state index in [1.54, 1.807) is 11.1 Å². The Kier molecular flexibility index (Phi) is 12.9. The van der Waals surface area contributed by atoms with Crippen molar-refractivity contribution < 1.29 is 33.0 Å². The lowest BCUT2D eigenvalue weighted by Crippen LogP contribution is -2.52. The van der Waals surface area contributed by atoms with Gasteiger partial charge in [0, 0.05) is 13.1 Å². The van der Waals surface area contributed by atoms with Gasteiger partial charge in [0.15, 0.2) is 0 Å². The van der Waals surface area contributed by atoms with Gasteiger partial charge in [0.1, 0.15) is 31.2 Å². The Hall–Kier alpha value is -5.46. The number of ether oxygens (including phenoxy) is 2. The number of likely N-dealkylation sites (tertiary alicyclic amines) is 2. The number of carbonyl (C=O) groups is 4. The minimum absolute atomic E-state index is 0.00651. The molecule has 2 aromatic carbocycles. The number of benzene rings is 2. The molecule has 3 aliphatic rings. The van der Waals surface area contributed by atoms with Crippen LogP contribution >= 0.6 is 0 Å². The molecule has 0 spiro atoms. The number of methoxy groups -OCH3 is 1. The molecule has 13 heteroatoms. The predicted octanol–water partition coefficient (Wildman–Crippen LogP) is 7.21. The predicted molar refractivity (Wildman–Crippen MR) is 212 cm³/mol. The first-order chi connectivity index (χ1) is 27.0. The quantitative estimate of drug-likeness (QED) is 0.167. The number of H-pyrrole nitrogens is 1. The SMILES string of the molecule is COC(=O)N[C@H](C(=O)N1CCCC1C1=CC=C(c2ccc(-c3ccc(-c4cnc(C5CCCN5C(=O)[C@@H](NC(=O)OCCF)C(C)C)[nH]4)cc3)cc2)C1)C(C)C. The first-order valence-electron chi connectivity index (χ1n) is 19.6. The Labute approximate surface area is 327 Å². The van der Waals surface area contributed by atoms with Crippen LogP contribution in [0.15, 0.2) is 72.5 Å². The zero-order valence-electron chi connectivity index (χ0n) is 32.8. The second-order valence-electron chi connectivity index (χ2n) is 15.4. The number of hydrogen-bond acceptors (Lipinski definition) is 7. The molecular formula is C43H53FN6O6. The molecule has 3 N–H and O–H groups in total. The van der Waals surface area contributed by atoms with Crippen LogP contribution in [0.5, 0.6) is 0 Å². The van der Waals surface area contributed by atoms with Gasteiger partial charge in [0.25, 0.3) is 0 Å². The van der Waals surface area contributed by atoms with Crippen molar-refractivity contribution in [2.45, 2.75) is 84.0 Å². The summed E-state index contributed by atoms with van der Waals surface area (Å²) in [4.78, 5) is 63.1. The zero-order chi connectivity index (χ0) is 39.9. The summed E-state index contributed by atoms with van der Waals surface area (Å²) in [6.07, 6.45) is 8.81. The van der Waals surface area contributed by atoms with Gasteiger partial charge in [-0.1, -0.05) is 88.4 Å². The topological polar surface area (TPSA) is 146 Å². The number of allylic oxidation sites excluding steroid dienone is 3. The lowest BCUT2D eigenvalue weighted by Gasteiger charge is -2.31. The maximum Gasteiger partial charge on any atom is 0.407 e. The highest BCUT2D eigenvalue weighted by Crippen LogP contribution is 2.37. The number of imidazole rings is 1. The molecule has 6 rings (SSSR count). The van der Waals surface area contributed by atoms with Crippen molar-refractivity contribution in [2.24, 2.45) is 11.8 Å². The normalized spacial score (nSPS) is 19.1. The number of carbonyl (C=O) groups excluding carboxylic acids is 4. The summed E-state index contributed by atoms with van der Waals surface area (Å²) < 4.78 is 22.1. The van der Waals surface area contributed by atoms with Crippen LogP contribution < -0.4 is 10.6 Å². The molecule has 2 aliphatic heterocycles. The molecule has 1 aliphatic carbocycles. The van der Waals surface area contributed by atoms with Gasteiger partial charge in [0.05, 0.1) is 31.1 Å². The minimum Gasteiger partial charge on any atom is -0.453 e. The van der Waals surface area contributed by atoms with Gasteiger partial charge in [-0.05, 0) is 77.3 Å². The first-order valence-corrected chi connectivity index (χ1v) is 19.6. The van der Waals surface area contributed by atoms with Gasteiger partial charge in [-0.3, -0.25) is 9.59 Å². The number of hydrogen-bond donors (Lipinski definition) is 3. The Balaban J connectivity index is 1.06. The molecule has 0 bridgehead atoms. The van der Waals surface area contributed by atoms with Gasteiger partial charge in [-0.25, -0.2) is 19.0 Å². The standard InChI is InChI=1S/C43H53FN6O6/c1-26(2)37(47-42(53)55-5)40(51)49-21-6-8-35(49)33-19-18-32(24-33)30-12-10-28(11-13-30)29-14-16-31(17-15-29)34-25-45-39(46-34)36-9-7-22-50(36)41(52)38(27(3)4)48-43(54)56-23-20-44/h10-19,25-27,35-38H,6-9,20-24H2,1-5H3,(H,45,46)(H,47,53)(H,48,54)/t35?,36?,37-,38-/m0/s1. The second-order valence-corrected chi connectivity index (χ2v) is 15.4. The average Bonchev–Trinajstić information content (AvgIpc) is 4.04. The van der Waals surface area contributed by atoms with E-state index < -0.39 is 30.9 Å². The van der Waals surface area contributed by atoms with E-state index in [2.05, 4.69) is 81.3 Å². The summed E-state index contributed by atoms with van der Waals surface area (Å²) in [5.74, 6) is 0.143. The van der Waals surface area contributed by atoms with Gasteiger partial charge < -0.3 is 34.9 Å². The monoisotopic (exact) mass is 768 g/mol. The number of nitrogens with zero attached hydrogens (tertiary/aromatic N) is 3. The molecule has 56 heavy (non-hydrogen) atoms. The molecule has 0 radical (unpaired) electrons. The van der Waals surface area contributed by atoms with E-state index in [9.17, 15) is 23.6 Å². The van der Waals surface area contributed by atoms with Crippen LogP contribution in [0, 0.1) is 11.8 Å². The van der Waals surface area contributed by atoms with Gasteiger partial charge in [-0.2, -0.15) is 0 Å². The number of alkyl halides is 1. The maximum absolute atomic E-state index is 13.6. The van der Waals surface area contributed by atoms with Crippen LogP contribution in [0.4, 0.5) is 14.0 Å². The van der Waals surface area contributed by atoms with E-state index in [4.69, 9.17) is 9.47 Å². The Bertz CT molecular complexity index is 1940. The molecule has 2 unspecified atom stereocenters. The minimum atomic E-state index is -0.807. The average molecular weight is 769 g/mol. The number of rotatable bonds is 13. The van der Waals surface area contributed by atoms with Crippen molar-refractivity contribution in [2.75, 3.05) is 33.5 Å². The summed E-state index contributed by atoms with van der Waals surface area (Å²) in [6, 6.07) is 15.1. The number of nitrogens with one attached hydrogen (secondary N) is 3. The Morgan fingerprint density at radius 3 is 1.89 bits per heavy atom. The molecule has 298 valence electrons. The molecule has 0 saturated carbocycles. The van der Waals surface area contributed by atoms with Gasteiger partial charge >= 0.3 is 12.2 Å². The van der Waals surface area contributed by atoms with Gasteiger partial charge in [-0.15, -0.1) is 0 Å². The van der Waals surface area contributed by atoms with Crippen LogP contribution in [0.2, 0.25) is 0 Å². The zero-order valence-corrected chi connectivity index (χ0v) is 32.8. The first kappa shape index (κ1) is 40.2. The van der Waals surface area contributed by atoms with Crippen molar-refractivity contribution in [1.82, 2.24) is 30.4 Å². The largest absolute Gasteiger partial charge is 0.453 e. The molecule has 12 nitrogen and oxygen atoms in total. The van der Waals surface area contributed by atoms with E-state index in [0.29, 0.717) is 18.9 Å². The number of amides is 4. The third-order valence-electron chi connectivity index (χ3n) is 11.0. The summed E-state index contributed by atoms with van der Waals surface area (Å²) in [6.45, 7) is 7.61. The molecule has 2 fully saturated rings. The highest BCUT2D eigenvalue weighted by molar-refractivity contribution is 5.88. The fraction of sp³-hybridized carbons (Fsp3) is 0.465. The smallest absolute Gasteiger partial charge is 0.407 e. The highest BCUT2D eigenvalue weighted by Gasteiger charge is 2.39. The van der Waals surface area contributed by atoms with Crippen LogP contribution in [0.25, 0.3) is 28.0 Å². The highest BCUT2D eigenvalue weighted by atomic mass is 19.1. The number of aromatic nitrogens is 2. The fourth-order valence-electron chi connectivity index (χ4n) is 7.95. The van der Waals surface area contributed by atoms with Crippen LogP contribution in [-0.2, 0) is 19.1 Å². The van der Waals surface area contributed by atoms with E-state index >= 15 is 0 Å². The second kappa shape index (κ2) is 18.0. The fourth-order valence-corrected chi connectivity index (χ4v) is 7.95. The Morgan fingerprint density at radius 2 is 1.32 bits per heavy atom. The number of aromatic amines is 1. The van der Waals surface area contributed by atoms with Crippen LogP contribution in [0.3, 0.4) is 0 Å². The number of alkyl carbamates (subject to hydrolysis) is 2. The summed E-state index contributed by atoms with van der Waals surface area (Å²) in [5, 5.41) is 5.34. The van der Waals surface area contributed by atoms with E-state index in [0.717, 1.165) is 60.1 Å². The molecule has 4 amide bonds. The van der Waals surface area contributed by atoms with E-state index in [1.807, 2.05) is 32.6 Å². The molecule has 4 atom stereocenters. The van der Waals surface area contributed by atoms with Gasteiger partial charge in [0.2, 0.25) is 11.8 Å². The third kappa shape index (κ3) is 8.98. The molecule has 3 aromatic rings. The van der Waals surface area contributed by atoms with Crippen LogP contribution in [0.1, 0.15) is 77.2 Å². The third-order valence-corrected chi connectivity index (χ3v) is 11.0. The molecule has 2 saturated heterocycles. The Morgan fingerprint density at radius 1 is 0.786 bits per heavy atom. The van der Waals surface area contributed by atoms with Crippen molar-refractivity contribution >= 4 is 29.6 Å². The van der Waals surface area contributed by atoms with E-state index in [1.165, 1.54) is 18.3 Å². The summed E-state index contributed by atoms with van der Waals surface area (Å²) >= 11 is 0. The lowest BCUT2D eigenvalue weighted by molar-refractivity contribution is -0.136. The maximum atomic E-state index is 13.6. The van der Waals surface area contributed by atoms with Crippen molar-refractivity contribution in [3.63, 3.8) is 0 Å². The number of halogens is 1. The molecule has 1 aromatic heterocycles. The van der Waals surface area contributed by atoms with E-state index in [-0.39, 0.29) is 42.3 Å². The summed E-state index contributed by atoms with van der Waals surface area (Å²) in [7, 11) is 1.30. The lowest BCUT2D eigenvalue weighted by atomic mass is 9.95. The van der Waals surface area contributed by atoms with Crippen LogP contribution in [-0.4, -0.2) is 95.4 Å². The summed E-state index contributed by atoms with van der Waals surface area (Å²) in [5.41, 5.74) is 7.52. The van der Waals surface area contributed by atoms with Crippen molar-refractivity contribution in [3.05, 3.63) is 83.8 Å². The van der Waals surface area contributed by atoms with Crippen molar-refractivity contribution in [3.8, 4) is 22.4 Å². The molecular weight excluding hydrogens is 716 g/mol. The van der Waals surface area contributed by atoms with Crippen molar-refractivity contribution in [1.29, 1.82) is 0 Å². The molecule has 3 heterocycles.